The predicted molar refractivity (Wildman–Crippen MR) is 121 cm³/mol. The molecular formula is C19H24Cl4N4O. The van der Waals surface area contributed by atoms with Gasteiger partial charge in [0, 0.05) is 25.0 Å². The van der Waals surface area contributed by atoms with Crippen LogP contribution in [-0.2, 0) is 0 Å². The minimum atomic E-state index is 0. The van der Waals surface area contributed by atoms with Crippen molar-refractivity contribution in [3.8, 4) is 0 Å². The number of piperidine rings is 1. The molecular weight excluding hydrogens is 442 g/mol. The van der Waals surface area contributed by atoms with Gasteiger partial charge in [-0.05, 0) is 62.7 Å². The Kier molecular flexibility index (Phi) is 10.4. The van der Waals surface area contributed by atoms with Gasteiger partial charge in [0.05, 0.1) is 15.6 Å². The summed E-state index contributed by atoms with van der Waals surface area (Å²) in [7, 11) is 1.97. The number of carbonyl (C=O) groups is 1. The van der Waals surface area contributed by atoms with Crippen LogP contribution in [0, 0.1) is 5.92 Å². The molecule has 9 heteroatoms. The number of rotatable bonds is 5. The highest BCUT2D eigenvalue weighted by Gasteiger charge is 2.25. The number of hydrogen-bond acceptors (Lipinski definition) is 4. The van der Waals surface area contributed by atoms with Gasteiger partial charge < -0.3 is 15.5 Å². The minimum absolute atomic E-state index is 0. The van der Waals surface area contributed by atoms with Crippen LogP contribution in [0.15, 0.2) is 36.5 Å². The summed E-state index contributed by atoms with van der Waals surface area (Å²) in [5, 5.41) is 7.33. The number of benzene rings is 1. The molecule has 28 heavy (non-hydrogen) atoms. The molecule has 2 heterocycles. The SMILES string of the molecule is CNCC1CCN(C(=O)c2cccnc2Nc2ccc(Cl)c(Cl)c2)CC1.Cl.Cl. The van der Waals surface area contributed by atoms with Crippen molar-refractivity contribution >= 4 is 65.4 Å². The third-order valence-corrected chi connectivity index (χ3v) is 5.35. The summed E-state index contributed by atoms with van der Waals surface area (Å²) in [6, 6.07) is 8.82. The molecule has 0 atom stereocenters. The first-order valence-electron chi connectivity index (χ1n) is 8.69. The largest absolute Gasteiger partial charge is 0.340 e. The quantitative estimate of drug-likeness (QED) is 0.648. The average molecular weight is 466 g/mol. The predicted octanol–water partition coefficient (Wildman–Crippen LogP) is 5.05. The van der Waals surface area contributed by atoms with Crippen LogP contribution >= 0.6 is 48.0 Å². The highest BCUT2D eigenvalue weighted by molar-refractivity contribution is 6.42. The molecule has 3 rings (SSSR count). The molecule has 1 aromatic carbocycles. The molecule has 5 nitrogen and oxygen atoms in total. The first-order valence-corrected chi connectivity index (χ1v) is 9.45. The van der Waals surface area contributed by atoms with Crippen LogP contribution < -0.4 is 10.6 Å². The maximum atomic E-state index is 13.0. The second kappa shape index (κ2) is 11.7. The van der Waals surface area contributed by atoms with Crippen LogP contribution in [0.2, 0.25) is 10.0 Å². The van der Waals surface area contributed by atoms with E-state index in [2.05, 4.69) is 15.6 Å². The van der Waals surface area contributed by atoms with E-state index in [4.69, 9.17) is 23.2 Å². The van der Waals surface area contributed by atoms with Gasteiger partial charge in [-0.1, -0.05) is 23.2 Å². The van der Waals surface area contributed by atoms with E-state index < -0.39 is 0 Å². The topological polar surface area (TPSA) is 57.3 Å². The van der Waals surface area contributed by atoms with E-state index in [1.165, 1.54) is 0 Å². The molecule has 0 radical (unpaired) electrons. The summed E-state index contributed by atoms with van der Waals surface area (Å²) in [5.41, 5.74) is 1.30. The van der Waals surface area contributed by atoms with Gasteiger partial charge in [0.1, 0.15) is 5.82 Å². The van der Waals surface area contributed by atoms with Gasteiger partial charge in [0.2, 0.25) is 0 Å². The normalized spacial score (nSPS) is 14.0. The molecule has 2 aromatic rings. The lowest BCUT2D eigenvalue weighted by Crippen LogP contribution is -2.40. The van der Waals surface area contributed by atoms with Crippen molar-refractivity contribution in [2.45, 2.75) is 12.8 Å². The Morgan fingerprint density at radius 2 is 1.89 bits per heavy atom. The van der Waals surface area contributed by atoms with Gasteiger partial charge in [0.25, 0.3) is 5.91 Å². The number of likely N-dealkylation sites (tertiary alicyclic amines) is 1. The average Bonchev–Trinajstić information content (AvgIpc) is 2.66. The maximum absolute atomic E-state index is 13.0. The number of carbonyl (C=O) groups excluding carboxylic acids is 1. The van der Waals surface area contributed by atoms with Gasteiger partial charge in [-0.25, -0.2) is 4.98 Å². The van der Waals surface area contributed by atoms with Crippen LogP contribution in [0.3, 0.4) is 0 Å². The van der Waals surface area contributed by atoms with E-state index >= 15 is 0 Å². The number of nitrogens with zero attached hydrogens (tertiary/aromatic N) is 2. The number of aromatic nitrogens is 1. The highest BCUT2D eigenvalue weighted by atomic mass is 35.5. The fourth-order valence-electron chi connectivity index (χ4n) is 3.19. The van der Waals surface area contributed by atoms with Crippen molar-refractivity contribution in [2.24, 2.45) is 5.92 Å². The standard InChI is InChI=1S/C19H22Cl2N4O.2ClH/c1-22-12-13-6-9-25(10-7-13)19(26)15-3-2-8-23-18(15)24-14-4-5-16(20)17(21)11-14;;/h2-5,8,11,13,22H,6-7,9-10,12H2,1H3,(H,23,24);2*1H. The fourth-order valence-corrected chi connectivity index (χ4v) is 3.49. The van der Waals surface area contributed by atoms with Crippen LogP contribution in [0.25, 0.3) is 0 Å². The first kappa shape index (κ1) is 24.8. The summed E-state index contributed by atoms with van der Waals surface area (Å²) in [5.74, 6) is 1.16. The first-order chi connectivity index (χ1) is 12.6. The molecule has 1 aromatic heterocycles. The molecule has 1 fully saturated rings. The number of hydrogen-bond donors (Lipinski definition) is 2. The summed E-state index contributed by atoms with van der Waals surface area (Å²) >= 11 is 12.0. The van der Waals surface area contributed by atoms with E-state index in [1.807, 2.05) is 11.9 Å². The van der Waals surface area contributed by atoms with E-state index in [1.54, 1.807) is 36.5 Å². The summed E-state index contributed by atoms with van der Waals surface area (Å²) < 4.78 is 0. The van der Waals surface area contributed by atoms with Gasteiger partial charge in [-0.2, -0.15) is 0 Å². The zero-order valence-electron chi connectivity index (χ0n) is 15.5. The van der Waals surface area contributed by atoms with Crippen molar-refractivity contribution in [1.29, 1.82) is 0 Å². The maximum Gasteiger partial charge on any atom is 0.257 e. The molecule has 0 bridgehead atoms. The van der Waals surface area contributed by atoms with Crippen LogP contribution in [0.1, 0.15) is 23.2 Å². The molecule has 0 unspecified atom stereocenters. The van der Waals surface area contributed by atoms with Gasteiger partial charge in [0.15, 0.2) is 0 Å². The molecule has 0 aliphatic carbocycles. The fraction of sp³-hybridized carbons (Fsp3) is 0.368. The van der Waals surface area contributed by atoms with E-state index in [0.717, 1.165) is 38.2 Å². The lowest BCUT2D eigenvalue weighted by atomic mass is 9.96. The Morgan fingerprint density at radius 1 is 1.18 bits per heavy atom. The second-order valence-electron chi connectivity index (χ2n) is 6.45. The van der Waals surface area contributed by atoms with Crippen molar-refractivity contribution in [3.05, 3.63) is 52.1 Å². The highest BCUT2D eigenvalue weighted by Crippen LogP contribution is 2.28. The second-order valence-corrected chi connectivity index (χ2v) is 7.26. The zero-order valence-corrected chi connectivity index (χ0v) is 18.6. The zero-order chi connectivity index (χ0) is 18.5. The van der Waals surface area contributed by atoms with Gasteiger partial charge in [-0.3, -0.25) is 4.79 Å². The monoisotopic (exact) mass is 464 g/mol. The Morgan fingerprint density at radius 3 is 2.54 bits per heavy atom. The molecule has 0 spiro atoms. The number of halogens is 4. The summed E-state index contributed by atoms with van der Waals surface area (Å²) in [6.45, 7) is 2.54. The van der Waals surface area contributed by atoms with Crippen molar-refractivity contribution in [3.63, 3.8) is 0 Å². The summed E-state index contributed by atoms with van der Waals surface area (Å²) in [6.07, 6.45) is 3.70. The van der Waals surface area contributed by atoms with Gasteiger partial charge >= 0.3 is 0 Å². The Bertz CT molecular complexity index is 782. The molecule has 1 saturated heterocycles. The molecule has 154 valence electrons. The Hall–Kier alpha value is -1.24. The third kappa shape index (κ3) is 6.13. The molecule has 0 saturated carbocycles. The van der Waals surface area contributed by atoms with E-state index in [0.29, 0.717) is 27.3 Å². The minimum Gasteiger partial charge on any atom is -0.340 e. The van der Waals surface area contributed by atoms with E-state index in [-0.39, 0.29) is 30.7 Å². The Labute approximate surface area is 188 Å². The molecule has 1 amide bonds. The molecule has 1 aliphatic rings. The summed E-state index contributed by atoms with van der Waals surface area (Å²) in [4.78, 5) is 19.2. The van der Waals surface area contributed by atoms with Crippen molar-refractivity contribution in [1.82, 2.24) is 15.2 Å². The lowest BCUT2D eigenvalue weighted by molar-refractivity contribution is 0.0691. The smallest absolute Gasteiger partial charge is 0.257 e. The van der Waals surface area contributed by atoms with Crippen molar-refractivity contribution < 1.29 is 4.79 Å². The van der Waals surface area contributed by atoms with E-state index in [9.17, 15) is 4.79 Å². The number of nitrogens with one attached hydrogen (secondary N) is 2. The van der Waals surface area contributed by atoms with Crippen LogP contribution in [0.4, 0.5) is 11.5 Å². The van der Waals surface area contributed by atoms with Gasteiger partial charge in [-0.15, -0.1) is 24.8 Å². The molecule has 1 aliphatic heterocycles. The van der Waals surface area contributed by atoms with Crippen LogP contribution in [-0.4, -0.2) is 42.5 Å². The number of anilines is 2. The van der Waals surface area contributed by atoms with Crippen LogP contribution in [0.5, 0.6) is 0 Å². The number of pyridine rings is 1. The third-order valence-electron chi connectivity index (χ3n) is 4.62. The number of amides is 1. The lowest BCUT2D eigenvalue weighted by Gasteiger charge is -2.32. The van der Waals surface area contributed by atoms with Crippen molar-refractivity contribution in [2.75, 3.05) is 32.0 Å². The molecule has 2 N–H and O–H groups in total. The Balaban J connectivity index is 0.00000196.